The van der Waals surface area contributed by atoms with E-state index in [-0.39, 0.29) is 17.9 Å². The average Bonchev–Trinajstić information content (AvgIpc) is 3.19. The van der Waals surface area contributed by atoms with E-state index < -0.39 is 5.41 Å². The number of fused-ring (bicyclic) bond motifs is 1. The first-order valence-corrected chi connectivity index (χ1v) is 9.52. The van der Waals surface area contributed by atoms with Crippen molar-refractivity contribution in [1.82, 2.24) is 14.4 Å². The summed E-state index contributed by atoms with van der Waals surface area (Å²) in [6, 6.07) is 3.76. The minimum absolute atomic E-state index is 0.00555. The van der Waals surface area contributed by atoms with E-state index in [1.54, 1.807) is 6.26 Å². The number of carbonyl (C=O) groups is 2. The number of piperazine rings is 1. The Morgan fingerprint density at radius 3 is 2.70 bits per heavy atom. The highest BCUT2D eigenvalue weighted by atomic mass is 16.3. The molecule has 1 saturated heterocycles. The van der Waals surface area contributed by atoms with Crippen LogP contribution < -0.4 is 0 Å². The third kappa shape index (κ3) is 3.66. The van der Waals surface area contributed by atoms with E-state index in [2.05, 4.69) is 6.58 Å². The lowest BCUT2D eigenvalue weighted by atomic mass is 9.93. The fourth-order valence-electron chi connectivity index (χ4n) is 3.63. The van der Waals surface area contributed by atoms with Crippen molar-refractivity contribution < 1.29 is 14.0 Å². The Kier molecular flexibility index (Phi) is 5.18. The van der Waals surface area contributed by atoms with Crippen LogP contribution in [-0.4, -0.2) is 51.9 Å². The number of rotatable bonds is 4. The molecule has 2 aromatic rings. The highest BCUT2D eigenvalue weighted by Crippen LogP contribution is 2.25. The molecule has 0 bridgehead atoms. The van der Waals surface area contributed by atoms with Gasteiger partial charge in [-0.2, -0.15) is 0 Å². The van der Waals surface area contributed by atoms with Gasteiger partial charge in [-0.15, -0.1) is 6.58 Å². The first kappa shape index (κ1) is 19.3. The molecule has 2 amide bonds. The quantitative estimate of drug-likeness (QED) is 0.773. The highest BCUT2D eigenvalue weighted by molar-refractivity contribution is 5.98. The van der Waals surface area contributed by atoms with Crippen LogP contribution >= 0.6 is 0 Å². The molecule has 6 heteroatoms. The minimum Gasteiger partial charge on any atom is -0.448 e. The molecule has 0 saturated carbocycles. The minimum atomic E-state index is -0.412. The van der Waals surface area contributed by atoms with Crippen LogP contribution in [0.25, 0.3) is 11.1 Å². The van der Waals surface area contributed by atoms with E-state index >= 15 is 0 Å². The second kappa shape index (κ2) is 7.25. The second-order valence-electron chi connectivity index (χ2n) is 8.29. The van der Waals surface area contributed by atoms with Crippen molar-refractivity contribution in [3.05, 3.63) is 36.7 Å². The van der Waals surface area contributed by atoms with Crippen molar-refractivity contribution in [2.75, 3.05) is 19.6 Å². The fraction of sp³-hybridized carbons (Fsp3) is 0.524. The van der Waals surface area contributed by atoms with Crippen molar-refractivity contribution in [2.24, 2.45) is 5.41 Å². The third-order valence-electron chi connectivity index (χ3n) is 5.10. The number of aryl methyl sites for hydroxylation is 1. The van der Waals surface area contributed by atoms with E-state index in [1.165, 1.54) is 0 Å². The van der Waals surface area contributed by atoms with Crippen molar-refractivity contribution >= 4 is 22.9 Å². The summed E-state index contributed by atoms with van der Waals surface area (Å²) in [5.41, 5.74) is 0.938. The van der Waals surface area contributed by atoms with E-state index in [4.69, 9.17) is 4.42 Å². The van der Waals surface area contributed by atoms with Gasteiger partial charge in [0.1, 0.15) is 5.69 Å². The van der Waals surface area contributed by atoms with E-state index in [1.807, 2.05) is 60.3 Å². The predicted octanol–water partition coefficient (Wildman–Crippen LogP) is 3.53. The summed E-state index contributed by atoms with van der Waals surface area (Å²) in [6.07, 6.45) is 4.24. The molecule has 1 fully saturated rings. The molecule has 3 heterocycles. The van der Waals surface area contributed by atoms with Gasteiger partial charge in [0.15, 0.2) is 0 Å². The summed E-state index contributed by atoms with van der Waals surface area (Å²) in [6.45, 7) is 13.9. The van der Waals surface area contributed by atoms with E-state index in [0.717, 1.165) is 17.5 Å². The second-order valence-corrected chi connectivity index (χ2v) is 8.29. The Morgan fingerprint density at radius 1 is 1.33 bits per heavy atom. The number of allylic oxidation sites excluding steroid dienone is 1. The number of carbonyl (C=O) groups excluding carboxylic acids is 2. The molecule has 0 spiro atoms. The molecule has 2 aromatic heterocycles. The number of hydrogen-bond acceptors (Lipinski definition) is 3. The van der Waals surface area contributed by atoms with Crippen LogP contribution in [0.5, 0.6) is 0 Å². The zero-order valence-corrected chi connectivity index (χ0v) is 16.7. The zero-order valence-electron chi connectivity index (χ0n) is 16.7. The maximum atomic E-state index is 13.2. The van der Waals surface area contributed by atoms with Gasteiger partial charge in [-0.3, -0.25) is 9.59 Å². The Morgan fingerprint density at radius 2 is 2.07 bits per heavy atom. The van der Waals surface area contributed by atoms with Crippen LogP contribution in [0.2, 0.25) is 0 Å². The number of hydrogen-bond donors (Lipinski definition) is 0. The summed E-state index contributed by atoms with van der Waals surface area (Å²) in [5.74, 6) is 0.120. The van der Waals surface area contributed by atoms with Gasteiger partial charge in [-0.25, -0.2) is 0 Å². The first-order chi connectivity index (χ1) is 12.7. The van der Waals surface area contributed by atoms with Gasteiger partial charge in [0, 0.05) is 43.0 Å². The Hall–Kier alpha value is -2.50. The first-order valence-electron chi connectivity index (χ1n) is 9.52. The fourth-order valence-corrected chi connectivity index (χ4v) is 3.63. The van der Waals surface area contributed by atoms with Gasteiger partial charge in [0.05, 0.1) is 6.26 Å². The van der Waals surface area contributed by atoms with Crippen LogP contribution in [0.4, 0.5) is 0 Å². The van der Waals surface area contributed by atoms with E-state index in [9.17, 15) is 9.59 Å². The molecule has 0 radical (unpaired) electrons. The summed E-state index contributed by atoms with van der Waals surface area (Å²) in [7, 11) is 0. The van der Waals surface area contributed by atoms with Gasteiger partial charge < -0.3 is 18.8 Å². The summed E-state index contributed by atoms with van der Waals surface area (Å²) >= 11 is 0. The molecule has 6 nitrogen and oxygen atoms in total. The van der Waals surface area contributed by atoms with Gasteiger partial charge in [0.25, 0.3) is 5.91 Å². The monoisotopic (exact) mass is 371 g/mol. The molecule has 0 N–H and O–H groups in total. The van der Waals surface area contributed by atoms with Crippen LogP contribution in [0, 0.1) is 5.41 Å². The van der Waals surface area contributed by atoms with Crippen LogP contribution in [0.3, 0.4) is 0 Å². The van der Waals surface area contributed by atoms with Crippen LogP contribution in [-0.2, 0) is 11.3 Å². The lowest BCUT2D eigenvalue weighted by Crippen LogP contribution is -2.57. The molecular formula is C21H29N3O3. The number of furan rings is 1. The topological polar surface area (TPSA) is 58.7 Å². The maximum Gasteiger partial charge on any atom is 0.270 e. The lowest BCUT2D eigenvalue weighted by Gasteiger charge is -2.42. The van der Waals surface area contributed by atoms with Gasteiger partial charge in [0.2, 0.25) is 11.6 Å². The molecule has 1 aliphatic rings. The maximum absolute atomic E-state index is 13.2. The SMILES string of the molecule is C=CCCn1c(C(=O)N2CCN(C(=O)C(C)(C)C)[C@@H](C)C2)cc2ccoc21. The summed E-state index contributed by atoms with van der Waals surface area (Å²) in [4.78, 5) is 29.6. The number of aromatic nitrogens is 1. The van der Waals surface area contributed by atoms with Crippen LogP contribution in [0.15, 0.2) is 35.5 Å². The van der Waals surface area contributed by atoms with Crippen molar-refractivity contribution in [3.63, 3.8) is 0 Å². The molecule has 0 aromatic carbocycles. The summed E-state index contributed by atoms with van der Waals surface area (Å²) in [5, 5.41) is 0.928. The van der Waals surface area contributed by atoms with Crippen LogP contribution in [0.1, 0.15) is 44.6 Å². The smallest absolute Gasteiger partial charge is 0.270 e. The zero-order chi connectivity index (χ0) is 19.8. The van der Waals surface area contributed by atoms with Crippen molar-refractivity contribution in [1.29, 1.82) is 0 Å². The standard InChI is InChI=1S/C21H29N3O3/c1-6-7-9-24-17(13-16-8-12-27-19(16)24)18(25)22-10-11-23(15(2)14-22)20(26)21(3,4)5/h6,8,12-13,15H,1,7,9-11,14H2,2-5H3/t15-/m0/s1. The molecule has 1 aliphatic heterocycles. The van der Waals surface area contributed by atoms with Crippen molar-refractivity contribution in [3.8, 4) is 0 Å². The van der Waals surface area contributed by atoms with Gasteiger partial charge in [-0.05, 0) is 25.5 Å². The number of amides is 2. The Balaban J connectivity index is 1.79. The molecule has 146 valence electrons. The molecule has 27 heavy (non-hydrogen) atoms. The Labute approximate surface area is 160 Å². The molecule has 0 aliphatic carbocycles. The Bertz CT molecular complexity index is 856. The largest absolute Gasteiger partial charge is 0.448 e. The molecule has 1 atom stereocenters. The van der Waals surface area contributed by atoms with Gasteiger partial charge >= 0.3 is 0 Å². The number of nitrogens with zero attached hydrogens (tertiary/aromatic N) is 3. The molecule has 0 unspecified atom stereocenters. The molecule has 3 rings (SSSR count). The van der Waals surface area contributed by atoms with E-state index in [0.29, 0.717) is 31.9 Å². The third-order valence-corrected chi connectivity index (χ3v) is 5.10. The summed E-state index contributed by atoms with van der Waals surface area (Å²) < 4.78 is 7.50. The normalized spacial score (nSPS) is 18.1. The average molecular weight is 371 g/mol. The van der Waals surface area contributed by atoms with Gasteiger partial charge in [-0.1, -0.05) is 26.8 Å². The molecular weight excluding hydrogens is 342 g/mol. The lowest BCUT2D eigenvalue weighted by molar-refractivity contribution is -0.143. The highest BCUT2D eigenvalue weighted by Gasteiger charge is 2.35. The van der Waals surface area contributed by atoms with Crippen molar-refractivity contribution in [2.45, 2.75) is 46.7 Å². The predicted molar refractivity (Wildman–Crippen MR) is 106 cm³/mol.